The molecular formula is C21H19Cl2N3O2. The quantitative estimate of drug-likeness (QED) is 0.654. The van der Waals surface area contributed by atoms with Gasteiger partial charge in [-0.3, -0.25) is 9.59 Å². The van der Waals surface area contributed by atoms with E-state index < -0.39 is 0 Å². The number of hydrogen-bond donors (Lipinski definition) is 2. The summed E-state index contributed by atoms with van der Waals surface area (Å²) < 4.78 is 0. The third kappa shape index (κ3) is 3.60. The fourth-order valence-corrected chi connectivity index (χ4v) is 4.05. The summed E-state index contributed by atoms with van der Waals surface area (Å²) in [5.74, 6) is -0.342. The number of carbonyl (C=O) groups excluding carboxylic acids is 2. The van der Waals surface area contributed by atoms with Crippen molar-refractivity contribution in [3.05, 3.63) is 63.8 Å². The minimum absolute atomic E-state index is 0.00183. The Kier molecular flexibility index (Phi) is 5.29. The molecule has 0 bridgehead atoms. The number of aromatic amines is 1. The van der Waals surface area contributed by atoms with Crippen LogP contribution in [0.1, 0.15) is 28.9 Å². The van der Waals surface area contributed by atoms with Gasteiger partial charge in [0.05, 0.1) is 5.02 Å². The molecule has 2 amide bonds. The highest BCUT2D eigenvalue weighted by molar-refractivity contribution is 6.39. The Morgan fingerprint density at radius 1 is 1.14 bits per heavy atom. The second kappa shape index (κ2) is 7.86. The summed E-state index contributed by atoms with van der Waals surface area (Å²) >= 11 is 12.3. The molecule has 2 aromatic carbocycles. The molecule has 4 rings (SSSR count). The summed E-state index contributed by atoms with van der Waals surface area (Å²) in [7, 11) is 0. The molecule has 1 aromatic heterocycles. The fourth-order valence-electron chi connectivity index (χ4n) is 3.59. The SMILES string of the molecule is O=C(NCCC(=O)N1CCCc2ccccc21)c1[nH]c2ccc(Cl)cc2c1Cl. The monoisotopic (exact) mass is 415 g/mol. The average Bonchev–Trinajstić information content (AvgIpc) is 3.03. The van der Waals surface area contributed by atoms with Crippen LogP contribution < -0.4 is 10.2 Å². The van der Waals surface area contributed by atoms with Crippen LogP contribution >= 0.6 is 23.2 Å². The number of fused-ring (bicyclic) bond motifs is 2. The molecule has 1 aliphatic heterocycles. The number of benzene rings is 2. The van der Waals surface area contributed by atoms with Gasteiger partial charge in [-0.15, -0.1) is 0 Å². The first-order valence-corrected chi connectivity index (χ1v) is 9.93. The Bertz CT molecular complexity index is 1060. The lowest BCUT2D eigenvalue weighted by atomic mass is 10.0. The number of para-hydroxylation sites is 1. The second-order valence-electron chi connectivity index (χ2n) is 6.79. The molecule has 2 N–H and O–H groups in total. The van der Waals surface area contributed by atoms with Crippen molar-refractivity contribution in [2.75, 3.05) is 18.0 Å². The lowest BCUT2D eigenvalue weighted by Gasteiger charge is -2.29. The molecule has 0 atom stereocenters. The average molecular weight is 416 g/mol. The number of rotatable bonds is 4. The number of aromatic nitrogens is 1. The molecule has 1 aliphatic rings. The van der Waals surface area contributed by atoms with Gasteiger partial charge >= 0.3 is 0 Å². The van der Waals surface area contributed by atoms with Crippen molar-refractivity contribution in [2.45, 2.75) is 19.3 Å². The molecule has 0 aliphatic carbocycles. The van der Waals surface area contributed by atoms with E-state index in [-0.39, 0.29) is 30.5 Å². The van der Waals surface area contributed by atoms with Crippen LogP contribution in [-0.2, 0) is 11.2 Å². The molecule has 0 radical (unpaired) electrons. The minimum Gasteiger partial charge on any atom is -0.350 e. The highest BCUT2D eigenvalue weighted by Crippen LogP contribution is 2.30. The summed E-state index contributed by atoms with van der Waals surface area (Å²) in [5.41, 5.74) is 3.17. The summed E-state index contributed by atoms with van der Waals surface area (Å²) in [6.45, 7) is 0.946. The number of amides is 2. The smallest absolute Gasteiger partial charge is 0.269 e. The molecule has 0 spiro atoms. The van der Waals surface area contributed by atoms with Crippen LogP contribution in [0.5, 0.6) is 0 Å². The zero-order valence-corrected chi connectivity index (χ0v) is 16.6. The van der Waals surface area contributed by atoms with Crippen LogP contribution in [-0.4, -0.2) is 29.9 Å². The number of aryl methyl sites for hydroxylation is 1. The van der Waals surface area contributed by atoms with Crippen LogP contribution in [0.15, 0.2) is 42.5 Å². The summed E-state index contributed by atoms with van der Waals surface area (Å²) in [4.78, 5) is 30.0. The number of H-pyrrole nitrogens is 1. The summed E-state index contributed by atoms with van der Waals surface area (Å²) in [6.07, 6.45) is 2.16. The number of halogens is 2. The Balaban J connectivity index is 1.40. The van der Waals surface area contributed by atoms with Crippen molar-refractivity contribution in [3.8, 4) is 0 Å². The predicted octanol–water partition coefficient (Wildman–Crippen LogP) is 4.57. The van der Waals surface area contributed by atoms with Crippen LogP contribution in [0.25, 0.3) is 10.9 Å². The maximum Gasteiger partial charge on any atom is 0.269 e. The highest BCUT2D eigenvalue weighted by atomic mass is 35.5. The van der Waals surface area contributed by atoms with E-state index in [9.17, 15) is 9.59 Å². The van der Waals surface area contributed by atoms with Gasteiger partial charge in [0.1, 0.15) is 5.69 Å². The summed E-state index contributed by atoms with van der Waals surface area (Å²) in [5, 5.41) is 4.34. The van der Waals surface area contributed by atoms with Crippen LogP contribution in [0, 0.1) is 0 Å². The van der Waals surface area contributed by atoms with E-state index in [1.54, 1.807) is 18.2 Å². The Morgan fingerprint density at radius 2 is 1.96 bits per heavy atom. The number of nitrogens with one attached hydrogen (secondary N) is 2. The van der Waals surface area contributed by atoms with Crippen molar-refractivity contribution in [1.82, 2.24) is 10.3 Å². The van der Waals surface area contributed by atoms with Crippen molar-refractivity contribution in [3.63, 3.8) is 0 Å². The largest absolute Gasteiger partial charge is 0.350 e. The van der Waals surface area contributed by atoms with Gasteiger partial charge in [0.2, 0.25) is 5.91 Å². The van der Waals surface area contributed by atoms with Crippen molar-refractivity contribution in [1.29, 1.82) is 0 Å². The fraction of sp³-hybridized carbons (Fsp3) is 0.238. The number of hydrogen-bond acceptors (Lipinski definition) is 2. The van der Waals surface area contributed by atoms with Crippen molar-refractivity contribution >= 4 is 51.6 Å². The molecule has 5 nitrogen and oxygen atoms in total. The van der Waals surface area contributed by atoms with E-state index >= 15 is 0 Å². The van der Waals surface area contributed by atoms with E-state index in [0.29, 0.717) is 22.0 Å². The zero-order chi connectivity index (χ0) is 19.7. The van der Waals surface area contributed by atoms with E-state index in [0.717, 1.165) is 24.0 Å². The molecule has 7 heteroatoms. The van der Waals surface area contributed by atoms with Gasteiger partial charge in [-0.2, -0.15) is 0 Å². The van der Waals surface area contributed by atoms with Gasteiger partial charge in [0.15, 0.2) is 0 Å². The molecule has 0 saturated carbocycles. The molecule has 0 fully saturated rings. The lowest BCUT2D eigenvalue weighted by Crippen LogP contribution is -2.37. The van der Waals surface area contributed by atoms with Crippen LogP contribution in [0.2, 0.25) is 10.0 Å². The lowest BCUT2D eigenvalue weighted by molar-refractivity contribution is -0.118. The van der Waals surface area contributed by atoms with Gasteiger partial charge < -0.3 is 15.2 Å². The van der Waals surface area contributed by atoms with Crippen LogP contribution in [0.4, 0.5) is 5.69 Å². The second-order valence-corrected chi connectivity index (χ2v) is 7.60. The minimum atomic E-state index is -0.343. The standard InChI is InChI=1S/C21H19Cl2N3O2/c22-14-7-8-16-15(12-14)19(23)20(25-16)21(28)24-10-9-18(27)26-11-3-5-13-4-1-2-6-17(13)26/h1-2,4,6-8,12,25H,3,5,9-11H2,(H,24,28). The van der Waals surface area contributed by atoms with Crippen molar-refractivity contribution in [2.24, 2.45) is 0 Å². The molecule has 28 heavy (non-hydrogen) atoms. The first-order chi connectivity index (χ1) is 13.5. The highest BCUT2D eigenvalue weighted by Gasteiger charge is 2.22. The summed E-state index contributed by atoms with van der Waals surface area (Å²) in [6, 6.07) is 13.2. The maximum absolute atomic E-state index is 12.7. The topological polar surface area (TPSA) is 65.2 Å². The zero-order valence-electron chi connectivity index (χ0n) is 15.1. The molecule has 0 saturated heterocycles. The Labute approximate surface area is 172 Å². The molecule has 2 heterocycles. The van der Waals surface area contributed by atoms with Gasteiger partial charge in [-0.05, 0) is 42.7 Å². The van der Waals surface area contributed by atoms with E-state index in [1.165, 1.54) is 5.56 Å². The van der Waals surface area contributed by atoms with Crippen LogP contribution in [0.3, 0.4) is 0 Å². The van der Waals surface area contributed by atoms with E-state index in [4.69, 9.17) is 23.2 Å². The third-order valence-electron chi connectivity index (χ3n) is 4.96. The third-order valence-corrected chi connectivity index (χ3v) is 5.59. The number of carbonyl (C=O) groups is 2. The predicted molar refractivity (Wildman–Crippen MR) is 112 cm³/mol. The van der Waals surface area contributed by atoms with Crippen molar-refractivity contribution < 1.29 is 9.59 Å². The first-order valence-electron chi connectivity index (χ1n) is 9.18. The Hall–Kier alpha value is -2.50. The maximum atomic E-state index is 12.7. The molecular weight excluding hydrogens is 397 g/mol. The van der Waals surface area contributed by atoms with Gasteiger partial charge in [0, 0.05) is 41.1 Å². The van der Waals surface area contributed by atoms with Gasteiger partial charge in [0.25, 0.3) is 5.91 Å². The Morgan fingerprint density at radius 3 is 2.82 bits per heavy atom. The molecule has 144 valence electrons. The molecule has 0 unspecified atom stereocenters. The van der Waals surface area contributed by atoms with E-state index in [2.05, 4.69) is 16.4 Å². The van der Waals surface area contributed by atoms with Gasteiger partial charge in [-0.25, -0.2) is 0 Å². The number of anilines is 1. The van der Waals surface area contributed by atoms with Gasteiger partial charge in [-0.1, -0.05) is 41.4 Å². The first kappa shape index (κ1) is 18.8. The normalized spacial score (nSPS) is 13.4. The molecule has 3 aromatic rings. The number of nitrogens with zero attached hydrogens (tertiary/aromatic N) is 1. The van der Waals surface area contributed by atoms with E-state index in [1.807, 2.05) is 23.1 Å².